The molecule has 0 aromatic carbocycles. The van der Waals surface area contributed by atoms with E-state index in [1.807, 2.05) is 25.1 Å². The van der Waals surface area contributed by atoms with E-state index in [0.29, 0.717) is 17.1 Å². The van der Waals surface area contributed by atoms with E-state index >= 15 is 0 Å². The Labute approximate surface area is 110 Å². The number of hydrogen-bond donors (Lipinski definition) is 1. The third-order valence-electron chi connectivity index (χ3n) is 2.65. The first kappa shape index (κ1) is 13.0. The van der Waals surface area contributed by atoms with E-state index in [0.717, 1.165) is 5.69 Å². The summed E-state index contributed by atoms with van der Waals surface area (Å²) in [6.45, 7) is 2.03. The minimum atomic E-state index is -0.258. The van der Waals surface area contributed by atoms with E-state index in [1.54, 1.807) is 19.2 Å². The Morgan fingerprint density at radius 3 is 2.84 bits per heavy atom. The summed E-state index contributed by atoms with van der Waals surface area (Å²) in [6, 6.07) is 3.63. The van der Waals surface area contributed by atoms with Gasteiger partial charge in [0.15, 0.2) is 5.69 Å². The van der Waals surface area contributed by atoms with Gasteiger partial charge in [-0.2, -0.15) is 0 Å². The van der Waals surface area contributed by atoms with Crippen molar-refractivity contribution in [3.05, 3.63) is 35.4 Å². The highest BCUT2D eigenvalue weighted by Crippen LogP contribution is 2.15. The molecular formula is C12H15N5O2. The molecular weight excluding hydrogens is 246 g/mol. The van der Waals surface area contributed by atoms with E-state index in [1.165, 1.54) is 0 Å². The van der Waals surface area contributed by atoms with Gasteiger partial charge in [-0.25, -0.2) is 9.61 Å². The summed E-state index contributed by atoms with van der Waals surface area (Å²) in [4.78, 5) is 18.0. The van der Waals surface area contributed by atoms with Crippen molar-refractivity contribution in [1.29, 1.82) is 0 Å². The van der Waals surface area contributed by atoms with Crippen molar-refractivity contribution in [2.75, 3.05) is 19.0 Å². The van der Waals surface area contributed by atoms with Gasteiger partial charge in [0, 0.05) is 20.3 Å². The predicted octanol–water partition coefficient (Wildman–Crippen LogP) is 0.769. The van der Waals surface area contributed by atoms with Crippen LogP contribution < -0.4 is 10.2 Å². The molecule has 19 heavy (non-hydrogen) atoms. The Hall–Kier alpha value is -2.44. The van der Waals surface area contributed by atoms with Gasteiger partial charge in [-0.05, 0) is 19.1 Å². The fourth-order valence-corrected chi connectivity index (χ4v) is 1.59. The molecule has 2 heterocycles. The fourth-order valence-electron chi connectivity index (χ4n) is 1.59. The van der Waals surface area contributed by atoms with Crippen LogP contribution in [0.25, 0.3) is 0 Å². The second-order valence-corrected chi connectivity index (χ2v) is 4.24. The lowest BCUT2D eigenvalue weighted by Crippen LogP contribution is -2.26. The number of aromatic nitrogens is 3. The Kier molecular flexibility index (Phi) is 3.74. The van der Waals surface area contributed by atoms with Crippen LogP contribution in [0.3, 0.4) is 0 Å². The molecule has 2 rings (SSSR count). The third-order valence-corrected chi connectivity index (χ3v) is 2.65. The number of nitrogens with one attached hydrogen (secondary N) is 1. The van der Waals surface area contributed by atoms with Gasteiger partial charge in [-0.1, -0.05) is 10.3 Å². The molecule has 7 heteroatoms. The summed E-state index contributed by atoms with van der Waals surface area (Å²) in [5, 5.41) is 10.1. The molecule has 0 aliphatic heterocycles. The lowest BCUT2D eigenvalue weighted by molar-refractivity contribution is 0.0945. The van der Waals surface area contributed by atoms with Crippen molar-refractivity contribution in [3.63, 3.8) is 0 Å². The van der Waals surface area contributed by atoms with Crippen molar-refractivity contribution >= 4 is 11.6 Å². The molecule has 0 bridgehead atoms. The predicted molar refractivity (Wildman–Crippen MR) is 68.8 cm³/mol. The molecule has 7 nitrogen and oxygen atoms in total. The van der Waals surface area contributed by atoms with Crippen LogP contribution in [-0.4, -0.2) is 35.3 Å². The molecule has 2 aromatic heterocycles. The van der Waals surface area contributed by atoms with Crippen molar-refractivity contribution in [2.24, 2.45) is 0 Å². The van der Waals surface area contributed by atoms with Gasteiger partial charge in [-0.15, -0.1) is 0 Å². The minimum absolute atomic E-state index is 0.258. The smallest absolute Gasteiger partial charge is 0.272 e. The number of carbonyl (C=O) groups excluding carboxylic acids is 1. The molecule has 0 saturated heterocycles. The fraction of sp³-hybridized carbons (Fsp3) is 0.333. The Morgan fingerprint density at radius 1 is 1.42 bits per heavy atom. The van der Waals surface area contributed by atoms with Crippen LogP contribution in [0.4, 0.5) is 5.69 Å². The van der Waals surface area contributed by atoms with E-state index in [4.69, 9.17) is 0 Å². The topological polar surface area (TPSA) is 84.2 Å². The Bertz CT molecular complexity index is 579. The van der Waals surface area contributed by atoms with E-state index in [2.05, 4.69) is 25.2 Å². The summed E-state index contributed by atoms with van der Waals surface area (Å²) in [7, 11) is 3.72. The van der Waals surface area contributed by atoms with Gasteiger partial charge in [0.1, 0.15) is 11.4 Å². The lowest BCUT2D eigenvalue weighted by Gasteiger charge is -2.15. The number of amides is 1. The summed E-state index contributed by atoms with van der Waals surface area (Å²) in [5.74, 6) is -0.258. The highest BCUT2D eigenvalue weighted by Gasteiger charge is 2.15. The first-order chi connectivity index (χ1) is 9.09. The van der Waals surface area contributed by atoms with Crippen LogP contribution in [-0.2, 0) is 6.54 Å². The molecule has 0 spiro atoms. The lowest BCUT2D eigenvalue weighted by atomic mass is 10.2. The van der Waals surface area contributed by atoms with E-state index in [9.17, 15) is 4.79 Å². The molecule has 0 radical (unpaired) electrons. The number of hydrogen-bond acceptors (Lipinski definition) is 6. The van der Waals surface area contributed by atoms with Crippen LogP contribution in [0.5, 0.6) is 0 Å². The quantitative estimate of drug-likeness (QED) is 0.875. The molecule has 1 N–H and O–H groups in total. The van der Waals surface area contributed by atoms with Crippen molar-refractivity contribution in [3.8, 4) is 0 Å². The number of anilines is 1. The minimum Gasteiger partial charge on any atom is -0.376 e. The number of rotatable bonds is 4. The van der Waals surface area contributed by atoms with Crippen molar-refractivity contribution < 1.29 is 9.42 Å². The summed E-state index contributed by atoms with van der Waals surface area (Å²) < 4.78 is 4.57. The van der Waals surface area contributed by atoms with Gasteiger partial charge < -0.3 is 10.2 Å². The molecule has 2 aromatic rings. The molecule has 0 unspecified atom stereocenters. The second-order valence-electron chi connectivity index (χ2n) is 4.24. The van der Waals surface area contributed by atoms with E-state index in [-0.39, 0.29) is 12.5 Å². The van der Waals surface area contributed by atoms with Crippen LogP contribution in [0.2, 0.25) is 0 Å². The molecule has 0 fully saturated rings. The summed E-state index contributed by atoms with van der Waals surface area (Å²) in [5.41, 5.74) is 2.40. The van der Waals surface area contributed by atoms with Crippen molar-refractivity contribution in [2.45, 2.75) is 13.5 Å². The van der Waals surface area contributed by atoms with Crippen LogP contribution in [0.15, 0.2) is 23.0 Å². The molecule has 1 amide bonds. The average molecular weight is 261 g/mol. The van der Waals surface area contributed by atoms with Crippen molar-refractivity contribution in [1.82, 2.24) is 20.6 Å². The Balaban J connectivity index is 2.10. The van der Waals surface area contributed by atoms with Gasteiger partial charge in [0.2, 0.25) is 0 Å². The largest absolute Gasteiger partial charge is 0.376 e. The zero-order valence-corrected chi connectivity index (χ0v) is 11.0. The zero-order chi connectivity index (χ0) is 13.8. The first-order valence-electron chi connectivity index (χ1n) is 5.78. The highest BCUT2D eigenvalue weighted by molar-refractivity contribution is 5.97. The summed E-state index contributed by atoms with van der Waals surface area (Å²) in [6.07, 6.45) is 1.59. The van der Waals surface area contributed by atoms with Crippen LogP contribution in [0.1, 0.15) is 21.9 Å². The van der Waals surface area contributed by atoms with E-state index < -0.39 is 0 Å². The number of pyridine rings is 1. The normalized spacial score (nSPS) is 10.3. The van der Waals surface area contributed by atoms with Gasteiger partial charge in [-0.3, -0.25) is 4.79 Å². The van der Waals surface area contributed by atoms with Crippen LogP contribution >= 0.6 is 0 Å². The molecule has 0 saturated carbocycles. The standard InChI is InChI=1S/C12H15N5O2/c1-8-9(16-19-15-8)7-14-12(18)11-10(17(2)3)5-4-6-13-11/h4-6H,7H2,1-3H3,(H,14,18). The Morgan fingerprint density at radius 2 is 2.21 bits per heavy atom. The number of carbonyl (C=O) groups is 1. The summed E-state index contributed by atoms with van der Waals surface area (Å²) >= 11 is 0. The molecule has 0 aliphatic carbocycles. The second kappa shape index (κ2) is 5.47. The van der Waals surface area contributed by atoms with Gasteiger partial charge >= 0.3 is 0 Å². The molecule has 0 atom stereocenters. The molecule has 100 valence electrons. The maximum absolute atomic E-state index is 12.1. The van der Waals surface area contributed by atoms with Gasteiger partial charge in [0.25, 0.3) is 5.91 Å². The maximum Gasteiger partial charge on any atom is 0.272 e. The maximum atomic E-state index is 12.1. The average Bonchev–Trinajstić information content (AvgIpc) is 2.81. The van der Waals surface area contributed by atoms with Crippen LogP contribution in [0, 0.1) is 6.92 Å². The number of aryl methyl sites for hydroxylation is 1. The highest BCUT2D eigenvalue weighted by atomic mass is 16.6. The monoisotopic (exact) mass is 261 g/mol. The third kappa shape index (κ3) is 2.87. The SMILES string of the molecule is Cc1nonc1CNC(=O)c1ncccc1N(C)C. The molecule has 0 aliphatic rings. The first-order valence-corrected chi connectivity index (χ1v) is 5.78. The zero-order valence-electron chi connectivity index (χ0n) is 11.0. The number of nitrogens with zero attached hydrogens (tertiary/aromatic N) is 4. The van der Waals surface area contributed by atoms with Gasteiger partial charge in [0.05, 0.1) is 12.2 Å².